The molecule has 0 aliphatic rings. The topological polar surface area (TPSA) is 74.2 Å². The van der Waals surface area contributed by atoms with Gasteiger partial charge in [0.25, 0.3) is 5.89 Å². The van der Waals surface area contributed by atoms with Crippen LogP contribution in [-0.2, 0) is 10.3 Å². The van der Waals surface area contributed by atoms with E-state index < -0.39 is 5.54 Å². The van der Waals surface area contributed by atoms with Crippen molar-refractivity contribution in [1.29, 1.82) is 0 Å². The summed E-state index contributed by atoms with van der Waals surface area (Å²) < 4.78 is 12.9. The van der Waals surface area contributed by atoms with Gasteiger partial charge in [-0.2, -0.15) is 4.98 Å². The number of halogens is 2. The van der Waals surface area contributed by atoms with Crippen molar-refractivity contribution in [2.45, 2.75) is 32.4 Å². The zero-order valence-corrected chi connectivity index (χ0v) is 15.8. The van der Waals surface area contributed by atoms with Crippen LogP contribution in [0.25, 0.3) is 11.5 Å². The molecule has 0 saturated carbocycles. The van der Waals surface area contributed by atoms with Gasteiger partial charge in [0.15, 0.2) is 5.82 Å². The Labute approximate surface area is 145 Å². The Morgan fingerprint density at radius 1 is 1.48 bits per heavy atom. The number of aromatic nitrogens is 2. The van der Waals surface area contributed by atoms with Crippen molar-refractivity contribution < 1.29 is 9.26 Å². The fourth-order valence-corrected chi connectivity index (χ4v) is 2.54. The van der Waals surface area contributed by atoms with Crippen LogP contribution in [0.2, 0.25) is 0 Å². The zero-order chi connectivity index (χ0) is 15.6. The van der Waals surface area contributed by atoms with Gasteiger partial charge in [-0.05, 0) is 77.5 Å². The van der Waals surface area contributed by atoms with Crippen molar-refractivity contribution in [1.82, 2.24) is 10.1 Å². The molecule has 2 rings (SSSR count). The Hall–Kier alpha value is -0.510. The van der Waals surface area contributed by atoms with Gasteiger partial charge >= 0.3 is 0 Å². The molecule has 0 saturated heterocycles. The highest BCUT2D eigenvalue weighted by Gasteiger charge is 2.29. The van der Waals surface area contributed by atoms with Gasteiger partial charge in [0.1, 0.15) is 5.54 Å². The van der Waals surface area contributed by atoms with Crippen LogP contribution in [-0.4, -0.2) is 22.9 Å². The second-order valence-electron chi connectivity index (χ2n) is 5.32. The minimum atomic E-state index is -0.791. The average Bonchev–Trinajstić information content (AvgIpc) is 2.90. The molecule has 0 radical (unpaired) electrons. The van der Waals surface area contributed by atoms with E-state index in [0.29, 0.717) is 18.3 Å². The van der Waals surface area contributed by atoms with Crippen LogP contribution in [0.15, 0.2) is 27.2 Å². The van der Waals surface area contributed by atoms with E-state index in [9.17, 15) is 0 Å². The van der Waals surface area contributed by atoms with E-state index in [1.165, 1.54) is 0 Å². The average molecular weight is 466 g/mol. The summed E-state index contributed by atoms with van der Waals surface area (Å²) in [5, 5.41) is 4.00. The SMILES string of the molecule is CC(C)OCC(C)(N)c1noc(-c2cc(I)ccc2Br)n1. The smallest absolute Gasteiger partial charge is 0.259 e. The van der Waals surface area contributed by atoms with Crippen molar-refractivity contribution in [3.8, 4) is 11.5 Å². The third-order valence-electron chi connectivity index (χ3n) is 2.81. The van der Waals surface area contributed by atoms with E-state index in [-0.39, 0.29) is 6.10 Å². The molecule has 0 fully saturated rings. The molecule has 1 aromatic heterocycles. The lowest BCUT2D eigenvalue weighted by molar-refractivity contribution is 0.0410. The predicted molar refractivity (Wildman–Crippen MR) is 92.8 cm³/mol. The van der Waals surface area contributed by atoms with E-state index in [4.69, 9.17) is 15.0 Å². The van der Waals surface area contributed by atoms with Gasteiger partial charge in [-0.3, -0.25) is 0 Å². The van der Waals surface area contributed by atoms with Gasteiger partial charge in [-0.1, -0.05) is 5.16 Å². The molecule has 2 N–H and O–H groups in total. The molecule has 0 aliphatic heterocycles. The summed E-state index contributed by atoms with van der Waals surface area (Å²) in [5.74, 6) is 0.875. The van der Waals surface area contributed by atoms with Crippen molar-refractivity contribution in [3.05, 3.63) is 32.1 Å². The van der Waals surface area contributed by atoms with Gasteiger partial charge in [0.2, 0.25) is 0 Å². The van der Waals surface area contributed by atoms with Crippen LogP contribution in [0.4, 0.5) is 0 Å². The number of rotatable bonds is 5. The van der Waals surface area contributed by atoms with Crippen LogP contribution in [0, 0.1) is 3.57 Å². The highest BCUT2D eigenvalue weighted by atomic mass is 127. The Morgan fingerprint density at radius 2 is 2.19 bits per heavy atom. The molecule has 0 spiro atoms. The third-order valence-corrected chi connectivity index (χ3v) is 4.17. The van der Waals surface area contributed by atoms with Gasteiger partial charge in [-0.15, -0.1) is 0 Å². The van der Waals surface area contributed by atoms with Crippen molar-refractivity contribution >= 4 is 38.5 Å². The largest absolute Gasteiger partial charge is 0.376 e. The van der Waals surface area contributed by atoms with E-state index >= 15 is 0 Å². The van der Waals surface area contributed by atoms with E-state index in [2.05, 4.69) is 48.7 Å². The fourth-order valence-electron chi connectivity index (χ4n) is 1.63. The summed E-state index contributed by atoms with van der Waals surface area (Å²) in [6.07, 6.45) is 0.101. The zero-order valence-electron chi connectivity index (χ0n) is 12.1. The summed E-state index contributed by atoms with van der Waals surface area (Å²) >= 11 is 5.73. The molecule has 21 heavy (non-hydrogen) atoms. The first-order valence-electron chi connectivity index (χ1n) is 6.49. The lowest BCUT2D eigenvalue weighted by Gasteiger charge is -2.21. The van der Waals surface area contributed by atoms with Gasteiger partial charge in [0, 0.05) is 8.04 Å². The standard InChI is InChI=1S/C14H17BrIN3O2/c1-8(2)20-7-14(3,17)13-18-12(21-19-13)10-6-9(16)4-5-11(10)15/h4-6,8H,7,17H2,1-3H3. The summed E-state index contributed by atoms with van der Waals surface area (Å²) in [7, 11) is 0. The number of nitrogens with zero attached hydrogens (tertiary/aromatic N) is 2. The number of hydrogen-bond donors (Lipinski definition) is 1. The number of hydrogen-bond acceptors (Lipinski definition) is 5. The minimum Gasteiger partial charge on any atom is -0.376 e. The highest BCUT2D eigenvalue weighted by molar-refractivity contribution is 14.1. The monoisotopic (exact) mass is 465 g/mol. The lowest BCUT2D eigenvalue weighted by atomic mass is 10.1. The molecular formula is C14H17BrIN3O2. The van der Waals surface area contributed by atoms with E-state index in [1.54, 1.807) is 0 Å². The fraction of sp³-hybridized carbons (Fsp3) is 0.429. The van der Waals surface area contributed by atoms with Crippen LogP contribution in [0.1, 0.15) is 26.6 Å². The Kier molecular flexibility index (Phi) is 5.39. The normalized spacial score (nSPS) is 14.4. The van der Waals surface area contributed by atoms with E-state index in [1.807, 2.05) is 39.0 Å². The first-order chi connectivity index (χ1) is 9.79. The number of benzene rings is 1. The van der Waals surface area contributed by atoms with Crippen LogP contribution >= 0.6 is 38.5 Å². The quantitative estimate of drug-likeness (QED) is 0.681. The Balaban J connectivity index is 2.27. The van der Waals surface area contributed by atoms with Crippen LogP contribution < -0.4 is 5.73 Å². The molecule has 1 aromatic carbocycles. The maximum Gasteiger partial charge on any atom is 0.259 e. The van der Waals surface area contributed by atoms with Crippen LogP contribution in [0.5, 0.6) is 0 Å². The summed E-state index contributed by atoms with van der Waals surface area (Å²) in [6.45, 7) is 6.08. The minimum absolute atomic E-state index is 0.101. The molecule has 114 valence electrons. The van der Waals surface area contributed by atoms with Gasteiger partial charge in [-0.25, -0.2) is 0 Å². The first kappa shape index (κ1) is 16.9. The third kappa shape index (κ3) is 4.24. The maximum absolute atomic E-state index is 6.22. The molecule has 1 heterocycles. The molecule has 2 aromatic rings. The van der Waals surface area contributed by atoms with Crippen molar-refractivity contribution in [2.75, 3.05) is 6.61 Å². The van der Waals surface area contributed by atoms with Crippen LogP contribution in [0.3, 0.4) is 0 Å². The second kappa shape index (κ2) is 6.72. The summed E-state index contributed by atoms with van der Waals surface area (Å²) in [4.78, 5) is 4.42. The van der Waals surface area contributed by atoms with Gasteiger partial charge < -0.3 is 15.0 Å². The lowest BCUT2D eigenvalue weighted by Crippen LogP contribution is -2.40. The number of ether oxygens (including phenoxy) is 1. The van der Waals surface area contributed by atoms with Crippen molar-refractivity contribution in [3.63, 3.8) is 0 Å². The molecule has 0 aliphatic carbocycles. The Morgan fingerprint density at radius 3 is 2.86 bits per heavy atom. The van der Waals surface area contributed by atoms with Crippen molar-refractivity contribution in [2.24, 2.45) is 5.73 Å². The molecule has 0 amide bonds. The highest BCUT2D eigenvalue weighted by Crippen LogP contribution is 2.29. The Bertz CT molecular complexity index is 628. The second-order valence-corrected chi connectivity index (χ2v) is 7.42. The van der Waals surface area contributed by atoms with E-state index in [0.717, 1.165) is 13.6 Å². The number of nitrogens with two attached hydrogens (primary N) is 1. The predicted octanol–water partition coefficient (Wildman–Crippen LogP) is 3.70. The molecule has 7 heteroatoms. The maximum atomic E-state index is 6.22. The molecule has 1 unspecified atom stereocenters. The molecule has 1 atom stereocenters. The molecular weight excluding hydrogens is 449 g/mol. The summed E-state index contributed by atoms with van der Waals surface area (Å²) in [6, 6.07) is 5.92. The molecule has 5 nitrogen and oxygen atoms in total. The summed E-state index contributed by atoms with van der Waals surface area (Å²) in [5.41, 5.74) is 6.28. The molecule has 0 bridgehead atoms. The first-order valence-corrected chi connectivity index (χ1v) is 8.37. The van der Waals surface area contributed by atoms with Gasteiger partial charge in [0.05, 0.1) is 18.3 Å².